The minimum absolute atomic E-state index is 0.196. The maximum absolute atomic E-state index is 11.9. The van der Waals surface area contributed by atoms with Crippen molar-refractivity contribution in [1.29, 1.82) is 0 Å². The molecule has 2 aromatic rings. The standard InChI is InChI=1S/C18H23N3O4/c1-24-16(22)5-3-2-4-10-19-18(23)20-13-8-9-15-14(11-13)21-17(25-15)12-6-7-12/h8-9,11-12H,2-7,10H2,1H3,(H2,19,20,23). The zero-order valence-corrected chi connectivity index (χ0v) is 14.3. The highest BCUT2D eigenvalue weighted by Crippen LogP contribution is 2.40. The first kappa shape index (κ1) is 17.3. The summed E-state index contributed by atoms with van der Waals surface area (Å²) < 4.78 is 10.3. The van der Waals surface area contributed by atoms with Gasteiger partial charge in [-0.15, -0.1) is 0 Å². The first-order valence-electron chi connectivity index (χ1n) is 8.68. The van der Waals surface area contributed by atoms with Gasteiger partial charge in [-0.05, 0) is 43.9 Å². The lowest BCUT2D eigenvalue weighted by molar-refractivity contribution is -0.140. The van der Waals surface area contributed by atoms with E-state index in [1.807, 2.05) is 12.1 Å². The van der Waals surface area contributed by atoms with Gasteiger partial charge in [0.1, 0.15) is 5.52 Å². The van der Waals surface area contributed by atoms with Crippen LogP contribution in [0.1, 0.15) is 50.3 Å². The number of urea groups is 1. The highest BCUT2D eigenvalue weighted by Gasteiger charge is 2.28. The molecule has 0 unspecified atom stereocenters. The molecule has 7 heteroatoms. The maximum atomic E-state index is 11.9. The van der Waals surface area contributed by atoms with Crippen molar-refractivity contribution in [2.45, 2.75) is 44.4 Å². The van der Waals surface area contributed by atoms with Gasteiger partial charge in [0.15, 0.2) is 11.5 Å². The van der Waals surface area contributed by atoms with E-state index in [2.05, 4.69) is 20.4 Å². The number of anilines is 1. The summed E-state index contributed by atoms with van der Waals surface area (Å²) in [5.41, 5.74) is 2.20. The van der Waals surface area contributed by atoms with E-state index in [-0.39, 0.29) is 12.0 Å². The Morgan fingerprint density at radius 3 is 2.88 bits per heavy atom. The average molecular weight is 345 g/mol. The van der Waals surface area contributed by atoms with Crippen LogP contribution in [0.5, 0.6) is 0 Å². The zero-order chi connectivity index (χ0) is 17.6. The summed E-state index contributed by atoms with van der Waals surface area (Å²) in [5, 5.41) is 5.61. The molecule has 1 aromatic heterocycles. The van der Waals surface area contributed by atoms with Gasteiger partial charge >= 0.3 is 12.0 Å². The van der Waals surface area contributed by atoms with Crippen LogP contribution >= 0.6 is 0 Å². The number of carbonyl (C=O) groups is 2. The predicted octanol–water partition coefficient (Wildman–Crippen LogP) is 3.56. The molecule has 0 saturated heterocycles. The number of nitrogens with one attached hydrogen (secondary N) is 2. The van der Waals surface area contributed by atoms with Crippen LogP contribution in [0.4, 0.5) is 10.5 Å². The molecule has 3 rings (SSSR count). The highest BCUT2D eigenvalue weighted by atomic mass is 16.5. The van der Waals surface area contributed by atoms with Crippen molar-refractivity contribution in [2.24, 2.45) is 0 Å². The second kappa shape index (κ2) is 8.00. The number of carbonyl (C=O) groups excluding carboxylic acids is 2. The van der Waals surface area contributed by atoms with Crippen LogP contribution in [0.2, 0.25) is 0 Å². The van der Waals surface area contributed by atoms with Crippen molar-refractivity contribution in [3.63, 3.8) is 0 Å². The fraction of sp³-hybridized carbons (Fsp3) is 0.500. The number of methoxy groups -OCH3 is 1. The number of benzene rings is 1. The first-order valence-corrected chi connectivity index (χ1v) is 8.68. The van der Waals surface area contributed by atoms with Crippen LogP contribution in [0.3, 0.4) is 0 Å². The fourth-order valence-corrected chi connectivity index (χ4v) is 2.58. The average Bonchev–Trinajstić information content (AvgIpc) is 3.37. The quantitative estimate of drug-likeness (QED) is 0.563. The monoisotopic (exact) mass is 345 g/mol. The summed E-state index contributed by atoms with van der Waals surface area (Å²) in [7, 11) is 1.39. The molecule has 0 bridgehead atoms. The van der Waals surface area contributed by atoms with Gasteiger partial charge < -0.3 is 19.8 Å². The summed E-state index contributed by atoms with van der Waals surface area (Å²) in [6.07, 6.45) is 5.15. The Bertz CT molecular complexity index is 752. The lowest BCUT2D eigenvalue weighted by atomic mass is 10.2. The molecule has 0 atom stereocenters. The van der Waals surface area contributed by atoms with Gasteiger partial charge in [-0.3, -0.25) is 4.79 Å². The van der Waals surface area contributed by atoms with E-state index in [1.165, 1.54) is 7.11 Å². The predicted molar refractivity (Wildman–Crippen MR) is 93.5 cm³/mol. The molecule has 25 heavy (non-hydrogen) atoms. The van der Waals surface area contributed by atoms with Gasteiger partial charge in [-0.25, -0.2) is 9.78 Å². The Hall–Kier alpha value is -2.57. The topological polar surface area (TPSA) is 93.5 Å². The van der Waals surface area contributed by atoms with Crippen LogP contribution in [0, 0.1) is 0 Å². The number of hydrogen-bond acceptors (Lipinski definition) is 5. The van der Waals surface area contributed by atoms with Crippen LogP contribution < -0.4 is 10.6 Å². The van der Waals surface area contributed by atoms with Crippen molar-refractivity contribution >= 4 is 28.8 Å². The minimum atomic E-state index is -0.252. The molecule has 1 fully saturated rings. The molecule has 0 radical (unpaired) electrons. The molecular formula is C18H23N3O4. The number of unbranched alkanes of at least 4 members (excludes halogenated alkanes) is 2. The summed E-state index contributed by atoms with van der Waals surface area (Å²) in [4.78, 5) is 27.4. The number of oxazole rings is 1. The van der Waals surface area contributed by atoms with Gasteiger partial charge in [0.2, 0.25) is 0 Å². The van der Waals surface area contributed by atoms with E-state index in [0.717, 1.165) is 49.1 Å². The normalized spacial score (nSPS) is 13.6. The van der Waals surface area contributed by atoms with Crippen molar-refractivity contribution in [3.8, 4) is 0 Å². The van der Waals surface area contributed by atoms with Gasteiger partial charge in [0, 0.05) is 24.6 Å². The Kier molecular flexibility index (Phi) is 5.53. The van der Waals surface area contributed by atoms with Crippen LogP contribution in [0.15, 0.2) is 22.6 Å². The molecule has 1 saturated carbocycles. The zero-order valence-electron chi connectivity index (χ0n) is 14.3. The number of rotatable bonds is 8. The second-order valence-corrected chi connectivity index (χ2v) is 6.28. The summed E-state index contributed by atoms with van der Waals surface area (Å²) in [5.74, 6) is 1.06. The molecule has 134 valence electrons. The van der Waals surface area contributed by atoms with Crippen LogP contribution in [0.25, 0.3) is 11.1 Å². The van der Waals surface area contributed by atoms with E-state index in [9.17, 15) is 9.59 Å². The van der Waals surface area contributed by atoms with Crippen molar-refractivity contribution < 1.29 is 18.7 Å². The van der Waals surface area contributed by atoms with E-state index >= 15 is 0 Å². The van der Waals surface area contributed by atoms with Gasteiger partial charge in [0.05, 0.1) is 7.11 Å². The third kappa shape index (κ3) is 4.95. The molecule has 1 heterocycles. The number of aromatic nitrogens is 1. The summed E-state index contributed by atoms with van der Waals surface area (Å²) >= 11 is 0. The molecule has 0 spiro atoms. The Labute approximate surface area is 146 Å². The molecule has 1 aromatic carbocycles. The highest BCUT2D eigenvalue weighted by molar-refractivity contribution is 5.91. The smallest absolute Gasteiger partial charge is 0.319 e. The number of esters is 1. The largest absolute Gasteiger partial charge is 0.469 e. The summed E-state index contributed by atoms with van der Waals surface area (Å²) in [6, 6.07) is 5.20. The number of fused-ring (bicyclic) bond motifs is 1. The van der Waals surface area contributed by atoms with E-state index in [4.69, 9.17) is 4.42 Å². The van der Waals surface area contributed by atoms with Crippen LogP contribution in [-0.2, 0) is 9.53 Å². The second-order valence-electron chi connectivity index (χ2n) is 6.28. The van der Waals surface area contributed by atoms with Crippen molar-refractivity contribution in [3.05, 3.63) is 24.1 Å². The minimum Gasteiger partial charge on any atom is -0.469 e. The van der Waals surface area contributed by atoms with Gasteiger partial charge in [0.25, 0.3) is 0 Å². The number of hydrogen-bond donors (Lipinski definition) is 2. The number of ether oxygens (including phenoxy) is 1. The van der Waals surface area contributed by atoms with E-state index in [0.29, 0.717) is 24.6 Å². The maximum Gasteiger partial charge on any atom is 0.319 e. The Morgan fingerprint density at radius 2 is 2.12 bits per heavy atom. The molecule has 2 amide bonds. The molecule has 1 aliphatic rings. The summed E-state index contributed by atoms with van der Waals surface area (Å²) in [6.45, 7) is 0.561. The molecule has 7 nitrogen and oxygen atoms in total. The fourth-order valence-electron chi connectivity index (χ4n) is 2.58. The van der Waals surface area contributed by atoms with E-state index < -0.39 is 0 Å². The van der Waals surface area contributed by atoms with Gasteiger partial charge in [-0.1, -0.05) is 6.42 Å². The van der Waals surface area contributed by atoms with Crippen LogP contribution in [-0.4, -0.2) is 30.6 Å². The van der Waals surface area contributed by atoms with Gasteiger partial charge in [-0.2, -0.15) is 0 Å². The van der Waals surface area contributed by atoms with Crippen molar-refractivity contribution in [1.82, 2.24) is 10.3 Å². The lowest BCUT2D eigenvalue weighted by Gasteiger charge is -2.07. The van der Waals surface area contributed by atoms with E-state index in [1.54, 1.807) is 6.07 Å². The first-order chi connectivity index (χ1) is 12.2. The molecule has 1 aliphatic carbocycles. The SMILES string of the molecule is COC(=O)CCCCCNC(=O)Nc1ccc2oc(C3CC3)nc2c1. The molecule has 0 aliphatic heterocycles. The third-order valence-corrected chi connectivity index (χ3v) is 4.16. The lowest BCUT2D eigenvalue weighted by Crippen LogP contribution is -2.29. The number of nitrogens with zero attached hydrogens (tertiary/aromatic N) is 1. The number of amides is 2. The van der Waals surface area contributed by atoms with Crippen molar-refractivity contribution in [2.75, 3.05) is 19.0 Å². The Morgan fingerprint density at radius 1 is 1.28 bits per heavy atom. The molecule has 2 N–H and O–H groups in total. The Balaban J connectivity index is 1.40. The third-order valence-electron chi connectivity index (χ3n) is 4.16. The molecular weight excluding hydrogens is 322 g/mol.